The van der Waals surface area contributed by atoms with Gasteiger partial charge in [-0.05, 0) is 0 Å². The van der Waals surface area contributed by atoms with E-state index in [1.165, 1.54) is 28.2 Å². The van der Waals surface area contributed by atoms with Crippen molar-refractivity contribution in [3.63, 3.8) is 0 Å². The Hall–Kier alpha value is -1.00. The summed E-state index contributed by atoms with van der Waals surface area (Å²) in [6.07, 6.45) is 7.08. The number of hydrogen-bond acceptors (Lipinski definition) is 1. The summed E-state index contributed by atoms with van der Waals surface area (Å²) in [6, 6.07) is 10.4. The zero-order valence-electron chi connectivity index (χ0n) is 10.9. The van der Waals surface area contributed by atoms with Gasteiger partial charge in [-0.2, -0.15) is 0 Å². The van der Waals surface area contributed by atoms with Crippen LogP contribution >= 0.6 is 0 Å². The topological polar surface area (TPSA) is 20.2 Å². The number of aliphatic hydroxyl groups is 1. The first-order chi connectivity index (χ1) is 8.86. The molecule has 0 radical (unpaired) electrons. The van der Waals surface area contributed by atoms with Gasteiger partial charge in [0, 0.05) is 0 Å². The zero-order valence-corrected chi connectivity index (χ0v) is 12.6. The SMILES string of the molecule is CCCCC/C=C(/C#CCO)[Se]c1ccccc1. The maximum absolute atomic E-state index is 8.80. The Morgan fingerprint density at radius 1 is 1.28 bits per heavy atom. The van der Waals surface area contributed by atoms with E-state index in [4.69, 9.17) is 5.11 Å². The van der Waals surface area contributed by atoms with Crippen LogP contribution in [0.15, 0.2) is 40.9 Å². The number of allylic oxidation sites excluding steroid dienone is 2. The summed E-state index contributed by atoms with van der Waals surface area (Å²) in [6.45, 7) is 2.15. The first kappa shape index (κ1) is 15.1. The Labute approximate surface area is 116 Å². The number of aliphatic hydroxyl groups excluding tert-OH is 1. The molecule has 0 aliphatic rings. The molecule has 1 aromatic rings. The molecule has 1 rings (SSSR count). The normalized spacial score (nSPS) is 10.9. The minimum absolute atomic E-state index is 0.0584. The third-order valence-electron chi connectivity index (χ3n) is 2.40. The van der Waals surface area contributed by atoms with E-state index in [0.29, 0.717) is 0 Å². The van der Waals surface area contributed by atoms with Gasteiger partial charge in [-0.1, -0.05) is 0 Å². The van der Waals surface area contributed by atoms with Gasteiger partial charge in [0.05, 0.1) is 0 Å². The van der Waals surface area contributed by atoms with Crippen molar-refractivity contribution in [3.8, 4) is 11.8 Å². The van der Waals surface area contributed by atoms with Crippen LogP contribution in [0.5, 0.6) is 0 Å². The Kier molecular flexibility index (Phi) is 8.34. The Morgan fingerprint density at radius 2 is 2.06 bits per heavy atom. The van der Waals surface area contributed by atoms with Crippen molar-refractivity contribution in [2.24, 2.45) is 0 Å². The molecule has 0 spiro atoms. The summed E-state index contributed by atoms with van der Waals surface area (Å²) in [5, 5.41) is 8.80. The van der Waals surface area contributed by atoms with E-state index in [1.807, 2.05) is 6.07 Å². The fraction of sp³-hybridized carbons (Fsp3) is 0.375. The standard InChI is InChI=1S/C16H20OSe/c1-2-3-4-6-10-16(13-9-14-17)18-15-11-7-5-8-12-15/h5,7-8,10-12,17H,2-4,6,14H2,1H3/b16-10-. The van der Waals surface area contributed by atoms with Gasteiger partial charge in [-0.3, -0.25) is 0 Å². The second-order valence-electron chi connectivity index (χ2n) is 3.94. The average molecular weight is 307 g/mol. The van der Waals surface area contributed by atoms with Gasteiger partial charge in [0.15, 0.2) is 0 Å². The number of rotatable bonds is 6. The summed E-state index contributed by atoms with van der Waals surface area (Å²) < 4.78 is 2.51. The van der Waals surface area contributed by atoms with Gasteiger partial charge >= 0.3 is 116 Å². The van der Waals surface area contributed by atoms with Gasteiger partial charge in [0.1, 0.15) is 0 Å². The van der Waals surface area contributed by atoms with E-state index in [1.54, 1.807) is 0 Å². The quantitative estimate of drug-likeness (QED) is 0.486. The molecule has 0 aliphatic carbocycles. The van der Waals surface area contributed by atoms with Crippen LogP contribution in [0.3, 0.4) is 0 Å². The van der Waals surface area contributed by atoms with E-state index in [0.717, 1.165) is 6.42 Å². The molecule has 0 amide bonds. The molecule has 96 valence electrons. The molecule has 0 aromatic heterocycles. The van der Waals surface area contributed by atoms with Crippen LogP contribution < -0.4 is 4.46 Å². The van der Waals surface area contributed by atoms with Gasteiger partial charge in [0.2, 0.25) is 0 Å². The number of benzene rings is 1. The van der Waals surface area contributed by atoms with Crippen LogP contribution in [-0.2, 0) is 0 Å². The van der Waals surface area contributed by atoms with Crippen molar-refractivity contribution in [1.82, 2.24) is 0 Å². The Morgan fingerprint density at radius 3 is 2.72 bits per heavy atom. The summed E-state index contributed by atoms with van der Waals surface area (Å²) in [5.41, 5.74) is 0. The molecule has 0 saturated carbocycles. The van der Waals surface area contributed by atoms with E-state index < -0.39 is 0 Å². The van der Waals surface area contributed by atoms with Gasteiger partial charge in [-0.25, -0.2) is 0 Å². The van der Waals surface area contributed by atoms with Crippen LogP contribution in [0.25, 0.3) is 0 Å². The first-order valence-electron chi connectivity index (χ1n) is 6.39. The van der Waals surface area contributed by atoms with E-state index in [9.17, 15) is 0 Å². The summed E-state index contributed by atoms with van der Waals surface area (Å²) in [4.78, 5) is 0. The molecule has 0 fully saturated rings. The first-order valence-corrected chi connectivity index (χ1v) is 8.11. The molecule has 1 nitrogen and oxygen atoms in total. The van der Waals surface area contributed by atoms with Crippen LogP contribution in [-0.4, -0.2) is 26.7 Å². The number of hydrogen-bond donors (Lipinski definition) is 1. The Balaban J connectivity index is 2.61. The average Bonchev–Trinajstić information content (AvgIpc) is 2.41. The van der Waals surface area contributed by atoms with Gasteiger partial charge < -0.3 is 0 Å². The molecular formula is C16H20OSe. The van der Waals surface area contributed by atoms with E-state index >= 15 is 0 Å². The molecular weight excluding hydrogens is 287 g/mol. The molecule has 18 heavy (non-hydrogen) atoms. The second kappa shape index (κ2) is 9.97. The van der Waals surface area contributed by atoms with Crippen molar-refractivity contribution in [1.29, 1.82) is 0 Å². The van der Waals surface area contributed by atoms with E-state index in [-0.39, 0.29) is 21.6 Å². The van der Waals surface area contributed by atoms with Gasteiger partial charge in [-0.15, -0.1) is 0 Å². The van der Waals surface area contributed by atoms with Gasteiger partial charge in [0.25, 0.3) is 0 Å². The summed E-state index contributed by atoms with van der Waals surface area (Å²) in [5.74, 6) is 5.85. The molecule has 0 aliphatic heterocycles. The molecule has 2 heteroatoms. The van der Waals surface area contributed by atoms with Crippen LogP contribution in [0, 0.1) is 11.8 Å². The number of unbranched alkanes of at least 4 members (excludes halogenated alkanes) is 3. The molecule has 0 bridgehead atoms. The Bertz CT molecular complexity index is 412. The predicted molar refractivity (Wildman–Crippen MR) is 78.9 cm³/mol. The third kappa shape index (κ3) is 6.67. The molecule has 0 atom stereocenters. The molecule has 1 aromatic carbocycles. The van der Waals surface area contributed by atoms with E-state index in [2.05, 4.69) is 49.1 Å². The van der Waals surface area contributed by atoms with Crippen LogP contribution in [0.2, 0.25) is 0 Å². The zero-order chi connectivity index (χ0) is 13.1. The predicted octanol–water partition coefficient (Wildman–Crippen LogP) is 2.48. The van der Waals surface area contributed by atoms with Crippen molar-refractivity contribution < 1.29 is 5.11 Å². The van der Waals surface area contributed by atoms with Crippen molar-refractivity contribution in [2.45, 2.75) is 32.6 Å². The third-order valence-corrected chi connectivity index (χ3v) is 4.49. The maximum atomic E-state index is 8.80. The van der Waals surface area contributed by atoms with Crippen molar-refractivity contribution in [3.05, 3.63) is 40.9 Å². The van der Waals surface area contributed by atoms with Crippen LogP contribution in [0.4, 0.5) is 0 Å². The van der Waals surface area contributed by atoms with Crippen LogP contribution in [0.1, 0.15) is 32.6 Å². The van der Waals surface area contributed by atoms with Crippen molar-refractivity contribution in [2.75, 3.05) is 6.61 Å². The summed E-state index contributed by atoms with van der Waals surface area (Å²) >= 11 is 0.260. The minimum atomic E-state index is -0.0584. The fourth-order valence-corrected chi connectivity index (χ4v) is 3.32. The molecule has 0 unspecified atom stereocenters. The second-order valence-corrected chi connectivity index (χ2v) is 6.28. The molecule has 1 N–H and O–H groups in total. The molecule has 0 heterocycles. The summed E-state index contributed by atoms with van der Waals surface area (Å²) in [7, 11) is 0. The molecule has 0 saturated heterocycles. The fourth-order valence-electron chi connectivity index (χ4n) is 1.49. The monoisotopic (exact) mass is 308 g/mol. The van der Waals surface area contributed by atoms with Crippen molar-refractivity contribution >= 4 is 19.4 Å².